The molecule has 4 N–H and O–H groups in total. The minimum absolute atomic E-state index is 0.111. The maximum Gasteiger partial charge on any atom is 0.253 e. The van der Waals surface area contributed by atoms with E-state index in [2.05, 4.69) is 67.4 Å². The molecule has 34 heavy (non-hydrogen) atoms. The molecule has 0 amide bonds. The van der Waals surface area contributed by atoms with Crippen LogP contribution in [0.25, 0.3) is 0 Å². The predicted octanol–water partition coefficient (Wildman–Crippen LogP) is 6.67. The van der Waals surface area contributed by atoms with E-state index in [4.69, 9.17) is 15.9 Å². The average molecular weight is 459 g/mol. The number of anilines is 4. The number of hydrogen-bond donors (Lipinski definition) is 3. The number of nitrogens with zero attached hydrogens (tertiary/aromatic N) is 3. The lowest BCUT2D eigenvalue weighted by molar-refractivity contribution is 0.0647. The second kappa shape index (κ2) is 9.06. The van der Waals surface area contributed by atoms with Crippen molar-refractivity contribution in [3.05, 3.63) is 59.4 Å². The highest BCUT2D eigenvalue weighted by atomic mass is 15.4. The number of nitrogens with one attached hydrogen (secondary N) is 2. The molecule has 4 atom stereocenters. The number of nitrogen functional groups attached to an aromatic ring is 1. The van der Waals surface area contributed by atoms with Gasteiger partial charge in [0.05, 0.1) is 17.1 Å². The number of aryl methyl sites for hydroxylation is 2. The van der Waals surface area contributed by atoms with E-state index >= 15 is 0 Å². The molecular formula is C28H38N6. The summed E-state index contributed by atoms with van der Waals surface area (Å²) in [6.45, 7) is 9.05. The van der Waals surface area contributed by atoms with Crippen LogP contribution >= 0.6 is 0 Å². The molecule has 4 unspecified atom stereocenters. The summed E-state index contributed by atoms with van der Waals surface area (Å²) in [6, 6.07) is 14.5. The van der Waals surface area contributed by atoms with Crippen LogP contribution in [-0.4, -0.2) is 15.2 Å². The van der Waals surface area contributed by atoms with Crippen LogP contribution in [0.2, 0.25) is 0 Å². The lowest BCUT2D eigenvalue weighted by Crippen LogP contribution is -2.43. The number of aromatic amines is 1. The largest absolute Gasteiger partial charge is 0.324 e. The smallest absolute Gasteiger partial charge is 0.253 e. The highest BCUT2D eigenvalue weighted by Crippen LogP contribution is 2.54. The number of fused-ring (bicyclic) bond motifs is 2. The lowest BCUT2D eigenvalue weighted by atomic mass is 9.56. The van der Waals surface area contributed by atoms with E-state index in [1.807, 2.05) is 18.2 Å². The van der Waals surface area contributed by atoms with Crippen molar-refractivity contribution in [3.63, 3.8) is 0 Å². The first-order valence-electron chi connectivity index (χ1n) is 12.8. The van der Waals surface area contributed by atoms with Crippen molar-refractivity contribution < 1.29 is 0 Å². The number of aromatic nitrogens is 3. The van der Waals surface area contributed by atoms with Gasteiger partial charge in [-0.1, -0.05) is 44.5 Å². The van der Waals surface area contributed by atoms with Gasteiger partial charge in [0, 0.05) is 5.41 Å². The standard InChI is InChI=1S/C28H38N6/c1-5-21-13-22-12-18(2)15-28(16-21,17-22)26-30-27(33-32-26)34(24-11-7-10-23(14-24)31-29)25-19(3)8-6-9-20(25)4/h6-11,14,18,21-22,31H,5,12-13,15-17,29H2,1-4H3,(H,30,32,33). The number of hydrogen-bond acceptors (Lipinski definition) is 5. The summed E-state index contributed by atoms with van der Waals surface area (Å²) in [7, 11) is 0. The Balaban J connectivity index is 1.61. The molecule has 3 aromatic rings. The molecule has 2 fully saturated rings. The maximum absolute atomic E-state index is 5.75. The molecular weight excluding hydrogens is 420 g/mol. The fourth-order valence-electron chi connectivity index (χ4n) is 6.92. The maximum atomic E-state index is 5.75. The first-order chi connectivity index (χ1) is 16.4. The van der Waals surface area contributed by atoms with Gasteiger partial charge in [-0.2, -0.15) is 4.98 Å². The molecule has 1 aromatic heterocycles. The normalized spacial score (nSPS) is 26.3. The predicted molar refractivity (Wildman–Crippen MR) is 140 cm³/mol. The second-order valence-corrected chi connectivity index (χ2v) is 10.9. The molecule has 0 saturated heterocycles. The van der Waals surface area contributed by atoms with Crippen molar-refractivity contribution in [2.45, 2.75) is 71.6 Å². The Morgan fingerprint density at radius 3 is 2.59 bits per heavy atom. The van der Waals surface area contributed by atoms with Gasteiger partial charge in [-0.15, -0.1) is 5.10 Å². The van der Waals surface area contributed by atoms with E-state index in [0.29, 0.717) is 5.95 Å². The van der Waals surface area contributed by atoms with Crippen molar-refractivity contribution in [2.24, 2.45) is 23.6 Å². The summed E-state index contributed by atoms with van der Waals surface area (Å²) in [5.41, 5.74) is 8.22. The van der Waals surface area contributed by atoms with Crippen molar-refractivity contribution in [3.8, 4) is 0 Å². The Hall–Kier alpha value is -2.86. The fourth-order valence-corrected chi connectivity index (χ4v) is 6.92. The summed E-state index contributed by atoms with van der Waals surface area (Å²) < 4.78 is 0. The average Bonchev–Trinajstić information content (AvgIpc) is 3.31. The molecule has 0 spiro atoms. The van der Waals surface area contributed by atoms with Crippen molar-refractivity contribution >= 4 is 23.0 Å². The Bertz CT molecular complexity index is 1130. The minimum atomic E-state index is 0.111. The van der Waals surface area contributed by atoms with Crippen LogP contribution in [0.4, 0.5) is 23.0 Å². The van der Waals surface area contributed by atoms with Crippen LogP contribution in [0.5, 0.6) is 0 Å². The van der Waals surface area contributed by atoms with Crippen molar-refractivity contribution in [2.75, 3.05) is 10.3 Å². The molecule has 180 valence electrons. The minimum Gasteiger partial charge on any atom is -0.324 e. The van der Waals surface area contributed by atoms with Gasteiger partial charge in [0.15, 0.2) is 0 Å². The monoisotopic (exact) mass is 458 g/mol. The number of para-hydroxylation sites is 1. The topological polar surface area (TPSA) is 82.9 Å². The van der Waals surface area contributed by atoms with Gasteiger partial charge in [0.1, 0.15) is 5.82 Å². The quantitative estimate of drug-likeness (QED) is 0.284. The Kier molecular flexibility index (Phi) is 6.11. The van der Waals surface area contributed by atoms with Gasteiger partial charge in [0.25, 0.3) is 5.95 Å². The number of benzene rings is 2. The van der Waals surface area contributed by atoms with Crippen LogP contribution in [0.3, 0.4) is 0 Å². The molecule has 2 saturated carbocycles. The van der Waals surface area contributed by atoms with E-state index < -0.39 is 0 Å². The third kappa shape index (κ3) is 4.09. The molecule has 2 aliphatic carbocycles. The zero-order chi connectivity index (χ0) is 23.9. The van der Waals surface area contributed by atoms with Gasteiger partial charge >= 0.3 is 0 Å². The van der Waals surface area contributed by atoms with Crippen molar-refractivity contribution in [1.82, 2.24) is 15.2 Å². The van der Waals surface area contributed by atoms with E-state index in [-0.39, 0.29) is 5.41 Å². The Morgan fingerprint density at radius 2 is 1.85 bits per heavy atom. The number of rotatable bonds is 6. The van der Waals surface area contributed by atoms with Crippen LogP contribution < -0.4 is 16.2 Å². The summed E-state index contributed by atoms with van der Waals surface area (Å²) in [6.07, 6.45) is 7.63. The molecule has 0 aliphatic heterocycles. The highest BCUT2D eigenvalue weighted by Gasteiger charge is 2.48. The number of nitrogens with two attached hydrogens (primary N) is 1. The third-order valence-electron chi connectivity index (χ3n) is 8.19. The van der Waals surface area contributed by atoms with Gasteiger partial charge in [-0.25, -0.2) is 0 Å². The summed E-state index contributed by atoms with van der Waals surface area (Å²) >= 11 is 0. The van der Waals surface area contributed by atoms with E-state index in [1.165, 1.54) is 49.7 Å². The molecule has 2 bridgehead atoms. The van der Waals surface area contributed by atoms with Gasteiger partial charge < -0.3 is 5.43 Å². The fraction of sp³-hybridized carbons (Fsp3) is 0.500. The summed E-state index contributed by atoms with van der Waals surface area (Å²) in [4.78, 5) is 7.42. The molecule has 5 rings (SSSR count). The Labute approximate surface area is 203 Å². The first kappa shape index (κ1) is 22.9. The van der Waals surface area contributed by atoms with Gasteiger partial charge in [0.2, 0.25) is 0 Å². The van der Waals surface area contributed by atoms with Crippen molar-refractivity contribution in [1.29, 1.82) is 0 Å². The van der Waals surface area contributed by atoms with Crippen LogP contribution in [0.1, 0.15) is 69.3 Å². The summed E-state index contributed by atoms with van der Waals surface area (Å²) in [5.74, 6) is 9.83. The van der Waals surface area contributed by atoms with Crippen LogP contribution in [0.15, 0.2) is 42.5 Å². The Morgan fingerprint density at radius 1 is 1.09 bits per heavy atom. The van der Waals surface area contributed by atoms with E-state index in [9.17, 15) is 0 Å². The first-order valence-corrected chi connectivity index (χ1v) is 12.8. The van der Waals surface area contributed by atoms with Gasteiger partial charge in [-0.05, 0) is 93.0 Å². The SMILES string of the molecule is CCC1CC2CC(C)CC(c3nc(N(c4cccc(NN)c4)c4c(C)cccc4C)n[nH]3)(C1)C2. The molecule has 2 aliphatic rings. The number of hydrazine groups is 1. The molecule has 1 heterocycles. The van der Waals surface area contributed by atoms with Crippen LogP contribution in [-0.2, 0) is 5.41 Å². The zero-order valence-electron chi connectivity index (χ0n) is 20.9. The number of H-pyrrole nitrogens is 1. The third-order valence-corrected chi connectivity index (χ3v) is 8.19. The van der Waals surface area contributed by atoms with Crippen LogP contribution in [0, 0.1) is 31.6 Å². The molecule has 6 nitrogen and oxygen atoms in total. The van der Waals surface area contributed by atoms with E-state index in [0.717, 1.165) is 40.6 Å². The molecule has 6 heteroatoms. The molecule has 2 aromatic carbocycles. The lowest BCUT2D eigenvalue weighted by Gasteiger charge is -2.49. The van der Waals surface area contributed by atoms with E-state index in [1.54, 1.807) is 0 Å². The molecule has 0 radical (unpaired) electrons. The highest BCUT2D eigenvalue weighted by molar-refractivity contribution is 5.78. The summed E-state index contributed by atoms with van der Waals surface area (Å²) in [5, 5.41) is 8.27. The second-order valence-electron chi connectivity index (χ2n) is 10.9. The zero-order valence-corrected chi connectivity index (χ0v) is 20.9. The van der Waals surface area contributed by atoms with Gasteiger partial charge in [-0.3, -0.25) is 15.8 Å².